The van der Waals surface area contributed by atoms with Crippen LogP contribution in [0.4, 0.5) is 10.1 Å². The Morgan fingerprint density at radius 2 is 2.19 bits per heavy atom. The summed E-state index contributed by atoms with van der Waals surface area (Å²) in [6.45, 7) is 0. The van der Waals surface area contributed by atoms with Crippen molar-refractivity contribution < 1.29 is 14.3 Å². The number of aromatic amines is 1. The molecule has 0 saturated carbocycles. The average Bonchev–Trinajstić information content (AvgIpc) is 2.92. The van der Waals surface area contributed by atoms with Gasteiger partial charge < -0.3 is 10.8 Å². The summed E-state index contributed by atoms with van der Waals surface area (Å²) < 4.78 is 14.2. The van der Waals surface area contributed by atoms with E-state index in [0.717, 1.165) is 10.9 Å². The molecule has 6 nitrogen and oxygen atoms in total. The van der Waals surface area contributed by atoms with Crippen LogP contribution in [0.15, 0.2) is 24.4 Å². The minimum atomic E-state index is -1.38. The van der Waals surface area contributed by atoms with Gasteiger partial charge in [0, 0.05) is 10.9 Å². The summed E-state index contributed by atoms with van der Waals surface area (Å²) >= 11 is 5.71. The molecule has 2 heterocycles. The molecule has 8 heteroatoms. The number of fused-ring (bicyclic) bond motifs is 1. The van der Waals surface area contributed by atoms with Crippen LogP contribution in [0, 0.1) is 5.82 Å². The normalized spacial score (nSPS) is 11.0. The van der Waals surface area contributed by atoms with E-state index in [0.29, 0.717) is 5.56 Å². The number of carboxylic acids is 1. The van der Waals surface area contributed by atoms with Gasteiger partial charge in [-0.3, -0.25) is 5.10 Å². The lowest BCUT2D eigenvalue weighted by Gasteiger charge is -2.09. The fraction of sp³-hybridized carbons (Fsp3) is 0. The van der Waals surface area contributed by atoms with Gasteiger partial charge in [0.2, 0.25) is 0 Å². The summed E-state index contributed by atoms with van der Waals surface area (Å²) in [5.74, 6) is -2.23. The number of nitrogens with one attached hydrogen (secondary N) is 1. The zero-order valence-corrected chi connectivity index (χ0v) is 11.1. The van der Waals surface area contributed by atoms with Gasteiger partial charge in [0.1, 0.15) is 5.69 Å². The second-order valence-corrected chi connectivity index (χ2v) is 4.71. The highest BCUT2D eigenvalue weighted by molar-refractivity contribution is 6.35. The molecule has 0 bridgehead atoms. The van der Waals surface area contributed by atoms with Crippen LogP contribution in [-0.4, -0.2) is 26.3 Å². The Morgan fingerprint density at radius 1 is 1.43 bits per heavy atom. The van der Waals surface area contributed by atoms with E-state index in [-0.39, 0.29) is 5.69 Å². The number of H-pyrrole nitrogens is 1. The highest BCUT2D eigenvalue weighted by Gasteiger charge is 2.21. The third-order valence-corrected chi connectivity index (χ3v) is 3.41. The van der Waals surface area contributed by atoms with E-state index in [2.05, 4.69) is 15.2 Å². The maximum atomic E-state index is 14.2. The summed E-state index contributed by atoms with van der Waals surface area (Å²) in [4.78, 5) is 14.9. The second kappa shape index (κ2) is 4.71. The molecule has 1 aromatic carbocycles. The first-order valence-electron chi connectivity index (χ1n) is 5.80. The molecule has 0 saturated heterocycles. The average molecular weight is 307 g/mol. The maximum absolute atomic E-state index is 14.2. The molecule has 106 valence electrons. The van der Waals surface area contributed by atoms with Gasteiger partial charge in [-0.15, -0.1) is 0 Å². The molecule has 0 aliphatic carbocycles. The number of nitrogens with zero attached hydrogens (tertiary/aromatic N) is 2. The fourth-order valence-electron chi connectivity index (χ4n) is 1.98. The summed E-state index contributed by atoms with van der Waals surface area (Å²) in [7, 11) is 0. The molecule has 0 aliphatic rings. The number of hydrogen-bond donors (Lipinski definition) is 3. The van der Waals surface area contributed by atoms with Crippen LogP contribution in [0.25, 0.3) is 22.2 Å². The number of halogens is 2. The van der Waals surface area contributed by atoms with Gasteiger partial charge in [0.25, 0.3) is 0 Å². The Kier molecular flexibility index (Phi) is 2.99. The molecular formula is C13H8ClFN4O2. The molecule has 0 amide bonds. The topological polar surface area (TPSA) is 105 Å². The van der Waals surface area contributed by atoms with E-state index in [9.17, 15) is 9.18 Å². The van der Waals surface area contributed by atoms with Crippen molar-refractivity contribution in [2.75, 3.05) is 5.73 Å². The first-order chi connectivity index (χ1) is 9.99. The van der Waals surface area contributed by atoms with E-state index in [1.807, 2.05) is 0 Å². The standard InChI is InChI=1S/C13H8ClFN4O2/c14-8-10(16)9(15)11(18-12(8)13(20)21)5-1-2-7-6(3-5)4-17-19-7/h1-4H,(H2,16,18)(H,17,19)(H,20,21). The van der Waals surface area contributed by atoms with E-state index >= 15 is 0 Å². The molecule has 0 aliphatic heterocycles. The lowest BCUT2D eigenvalue weighted by molar-refractivity contribution is 0.0691. The van der Waals surface area contributed by atoms with Gasteiger partial charge in [-0.2, -0.15) is 5.10 Å². The van der Waals surface area contributed by atoms with Gasteiger partial charge in [-0.25, -0.2) is 14.2 Å². The molecule has 0 atom stereocenters. The van der Waals surface area contributed by atoms with Crippen LogP contribution in [0.3, 0.4) is 0 Å². The molecule has 2 aromatic heterocycles. The maximum Gasteiger partial charge on any atom is 0.356 e. The minimum absolute atomic E-state index is 0.169. The molecule has 0 spiro atoms. The number of carboxylic acid groups (broad SMARTS) is 1. The zero-order valence-electron chi connectivity index (χ0n) is 10.4. The van der Waals surface area contributed by atoms with Crippen LogP contribution in [0.1, 0.15) is 10.5 Å². The van der Waals surface area contributed by atoms with Crippen LogP contribution in [0.2, 0.25) is 5.02 Å². The summed E-state index contributed by atoms with van der Waals surface area (Å²) in [6.07, 6.45) is 1.56. The van der Waals surface area contributed by atoms with Crippen molar-refractivity contribution in [2.45, 2.75) is 0 Å². The highest BCUT2D eigenvalue weighted by atomic mass is 35.5. The van der Waals surface area contributed by atoms with Crippen molar-refractivity contribution in [3.8, 4) is 11.3 Å². The third-order valence-electron chi connectivity index (χ3n) is 3.03. The van der Waals surface area contributed by atoms with Gasteiger partial charge in [-0.1, -0.05) is 17.7 Å². The third kappa shape index (κ3) is 2.07. The van der Waals surface area contributed by atoms with Gasteiger partial charge in [-0.05, 0) is 12.1 Å². The number of carbonyl (C=O) groups is 1. The van der Waals surface area contributed by atoms with Gasteiger partial charge in [0.15, 0.2) is 11.5 Å². The Morgan fingerprint density at radius 3 is 2.90 bits per heavy atom. The molecule has 0 radical (unpaired) electrons. The highest BCUT2D eigenvalue weighted by Crippen LogP contribution is 2.32. The first kappa shape index (κ1) is 13.3. The zero-order chi connectivity index (χ0) is 15.1. The number of aromatic carboxylic acids is 1. The molecule has 21 heavy (non-hydrogen) atoms. The predicted octanol–water partition coefficient (Wildman–Crippen LogP) is 2.70. The van der Waals surface area contributed by atoms with E-state index in [1.54, 1.807) is 24.4 Å². The Hall–Kier alpha value is -2.67. The van der Waals surface area contributed by atoms with Gasteiger partial charge in [0.05, 0.1) is 22.4 Å². The molecule has 3 aromatic rings. The number of anilines is 1. The quantitative estimate of drug-likeness (QED) is 0.675. The number of pyridine rings is 1. The Bertz CT molecular complexity index is 878. The minimum Gasteiger partial charge on any atom is -0.476 e. The summed E-state index contributed by atoms with van der Waals surface area (Å²) in [6, 6.07) is 4.90. The molecule has 3 rings (SSSR count). The number of hydrogen-bond acceptors (Lipinski definition) is 4. The van der Waals surface area contributed by atoms with Crippen molar-refractivity contribution in [3.05, 3.63) is 40.9 Å². The van der Waals surface area contributed by atoms with Crippen LogP contribution in [0.5, 0.6) is 0 Å². The van der Waals surface area contributed by atoms with E-state index < -0.39 is 28.2 Å². The molecule has 0 unspecified atom stereocenters. The Balaban J connectivity index is 2.28. The Labute approximate surface area is 122 Å². The lowest BCUT2D eigenvalue weighted by Crippen LogP contribution is -2.08. The van der Waals surface area contributed by atoms with Crippen LogP contribution < -0.4 is 5.73 Å². The fourth-order valence-corrected chi connectivity index (χ4v) is 2.19. The summed E-state index contributed by atoms with van der Waals surface area (Å²) in [5, 5.41) is 16.0. The predicted molar refractivity (Wildman–Crippen MR) is 75.7 cm³/mol. The van der Waals surface area contributed by atoms with Crippen molar-refractivity contribution in [1.29, 1.82) is 0 Å². The van der Waals surface area contributed by atoms with E-state index in [1.165, 1.54) is 0 Å². The number of nitrogen functional groups attached to an aromatic ring is 1. The van der Waals surface area contributed by atoms with Crippen LogP contribution >= 0.6 is 11.6 Å². The number of rotatable bonds is 2. The molecule has 4 N–H and O–H groups in total. The SMILES string of the molecule is Nc1c(F)c(-c2ccc3[nH]ncc3c2)nc(C(=O)O)c1Cl. The number of aromatic nitrogens is 3. The number of benzene rings is 1. The number of nitrogens with two attached hydrogens (primary N) is 1. The second-order valence-electron chi connectivity index (χ2n) is 4.33. The van der Waals surface area contributed by atoms with Crippen molar-refractivity contribution in [2.24, 2.45) is 0 Å². The van der Waals surface area contributed by atoms with Crippen LogP contribution in [-0.2, 0) is 0 Å². The van der Waals surface area contributed by atoms with E-state index in [4.69, 9.17) is 22.4 Å². The first-order valence-corrected chi connectivity index (χ1v) is 6.18. The van der Waals surface area contributed by atoms with Crippen molar-refractivity contribution in [3.63, 3.8) is 0 Å². The van der Waals surface area contributed by atoms with Crippen molar-refractivity contribution >= 4 is 34.2 Å². The molecule has 0 fully saturated rings. The monoisotopic (exact) mass is 306 g/mol. The lowest BCUT2D eigenvalue weighted by atomic mass is 10.1. The molecular weight excluding hydrogens is 299 g/mol. The summed E-state index contributed by atoms with van der Waals surface area (Å²) in [5.41, 5.74) is 5.57. The van der Waals surface area contributed by atoms with Gasteiger partial charge >= 0.3 is 5.97 Å². The smallest absolute Gasteiger partial charge is 0.356 e. The largest absolute Gasteiger partial charge is 0.476 e. The van der Waals surface area contributed by atoms with Crippen molar-refractivity contribution in [1.82, 2.24) is 15.2 Å².